The van der Waals surface area contributed by atoms with Gasteiger partial charge in [-0.25, -0.2) is 4.98 Å². The zero-order chi connectivity index (χ0) is 23.8. The largest absolute Gasteiger partial charge is 0.416 e. The Bertz CT molecular complexity index is 1040. The van der Waals surface area contributed by atoms with E-state index >= 15 is 0 Å². The van der Waals surface area contributed by atoms with E-state index in [2.05, 4.69) is 33.4 Å². The van der Waals surface area contributed by atoms with Gasteiger partial charge in [-0.2, -0.15) is 13.2 Å². The van der Waals surface area contributed by atoms with Gasteiger partial charge in [0, 0.05) is 44.6 Å². The third kappa shape index (κ3) is 8.57. The van der Waals surface area contributed by atoms with Crippen LogP contribution < -0.4 is 10.2 Å². The molecule has 0 aliphatic carbocycles. The van der Waals surface area contributed by atoms with Gasteiger partial charge in [-0.15, -0.1) is 24.8 Å². The van der Waals surface area contributed by atoms with Crippen LogP contribution in [0.3, 0.4) is 0 Å². The molecule has 0 saturated carbocycles. The summed E-state index contributed by atoms with van der Waals surface area (Å²) < 4.78 is 38.9. The van der Waals surface area contributed by atoms with Crippen LogP contribution in [0.4, 0.5) is 24.7 Å². The molecule has 1 fully saturated rings. The van der Waals surface area contributed by atoms with E-state index in [1.807, 2.05) is 35.4 Å². The van der Waals surface area contributed by atoms with E-state index in [0.29, 0.717) is 5.69 Å². The first-order valence-corrected chi connectivity index (χ1v) is 11.9. The maximum Gasteiger partial charge on any atom is 0.416 e. The Morgan fingerprint density at radius 3 is 2.25 bits per heavy atom. The fraction of sp³-hybridized carbons (Fsp3) is 0.370. The molecule has 2 heterocycles. The number of anilines is 2. The van der Waals surface area contributed by atoms with Crippen molar-refractivity contribution in [2.75, 3.05) is 49.5 Å². The summed E-state index contributed by atoms with van der Waals surface area (Å²) in [5.74, 6) is 0.895. The van der Waals surface area contributed by atoms with Gasteiger partial charge in [-0.1, -0.05) is 42.8 Å². The quantitative estimate of drug-likeness (QED) is 0.295. The summed E-state index contributed by atoms with van der Waals surface area (Å²) >= 11 is 0. The van der Waals surface area contributed by atoms with Crippen LogP contribution in [0.1, 0.15) is 24.8 Å². The molecule has 0 radical (unpaired) electrons. The molecule has 1 saturated heterocycles. The van der Waals surface area contributed by atoms with Crippen LogP contribution in [0.15, 0.2) is 72.9 Å². The normalized spacial score (nSPS) is 14.0. The highest BCUT2D eigenvalue weighted by Crippen LogP contribution is 2.32. The van der Waals surface area contributed by atoms with Crippen molar-refractivity contribution < 1.29 is 13.2 Å². The van der Waals surface area contributed by atoms with E-state index < -0.39 is 11.7 Å². The van der Waals surface area contributed by atoms with Crippen molar-refractivity contribution in [3.8, 4) is 11.1 Å². The summed E-state index contributed by atoms with van der Waals surface area (Å²) in [6, 6.07) is 20.0. The van der Waals surface area contributed by atoms with Crippen molar-refractivity contribution >= 4 is 36.3 Å². The van der Waals surface area contributed by atoms with Gasteiger partial charge >= 0.3 is 6.18 Å². The average Bonchev–Trinajstić information content (AvgIpc) is 2.87. The lowest BCUT2D eigenvalue weighted by molar-refractivity contribution is -0.137. The molecule has 1 aliphatic heterocycles. The topological polar surface area (TPSA) is 31.4 Å². The maximum atomic E-state index is 13.0. The van der Waals surface area contributed by atoms with Crippen molar-refractivity contribution in [3.63, 3.8) is 0 Å². The molecule has 1 aromatic heterocycles. The highest BCUT2D eigenvalue weighted by atomic mass is 35.5. The van der Waals surface area contributed by atoms with Crippen LogP contribution in [0.5, 0.6) is 0 Å². The number of unbranched alkanes of at least 4 members (excludes halogenated alkanes) is 2. The maximum absolute atomic E-state index is 13.0. The number of benzene rings is 2. The minimum Gasteiger partial charge on any atom is -0.370 e. The first-order valence-electron chi connectivity index (χ1n) is 11.9. The number of piperazine rings is 1. The number of hydrogen-bond acceptors (Lipinski definition) is 4. The monoisotopic (exact) mass is 540 g/mol. The Morgan fingerprint density at radius 1 is 0.778 bits per heavy atom. The molecule has 3 aromatic rings. The van der Waals surface area contributed by atoms with Gasteiger partial charge in [-0.05, 0) is 60.8 Å². The number of rotatable bonds is 9. The second-order valence-electron chi connectivity index (χ2n) is 8.66. The van der Waals surface area contributed by atoms with E-state index in [1.165, 1.54) is 17.7 Å². The predicted octanol–water partition coefficient (Wildman–Crippen LogP) is 7.02. The fourth-order valence-electron chi connectivity index (χ4n) is 4.30. The molecule has 2 aromatic carbocycles. The van der Waals surface area contributed by atoms with Crippen LogP contribution in [-0.2, 0) is 6.18 Å². The zero-order valence-corrected chi connectivity index (χ0v) is 21.7. The van der Waals surface area contributed by atoms with Gasteiger partial charge in [-0.3, -0.25) is 4.90 Å². The van der Waals surface area contributed by atoms with E-state index in [0.717, 1.165) is 76.0 Å². The second kappa shape index (κ2) is 14.3. The molecule has 196 valence electrons. The Balaban J connectivity index is 0.00000228. The van der Waals surface area contributed by atoms with Crippen molar-refractivity contribution in [3.05, 3.63) is 78.5 Å². The molecular formula is C27H33Cl2F3N4. The van der Waals surface area contributed by atoms with E-state index in [9.17, 15) is 13.2 Å². The number of halogens is 5. The molecule has 4 nitrogen and oxygen atoms in total. The molecule has 9 heteroatoms. The number of alkyl halides is 3. The summed E-state index contributed by atoms with van der Waals surface area (Å²) in [5.41, 5.74) is 2.41. The van der Waals surface area contributed by atoms with E-state index in [-0.39, 0.29) is 24.8 Å². The molecular weight excluding hydrogens is 508 g/mol. The van der Waals surface area contributed by atoms with Crippen LogP contribution >= 0.6 is 24.8 Å². The van der Waals surface area contributed by atoms with E-state index in [4.69, 9.17) is 0 Å². The van der Waals surface area contributed by atoms with Crippen LogP contribution in [0.25, 0.3) is 11.1 Å². The molecule has 1 N–H and O–H groups in total. The van der Waals surface area contributed by atoms with Crippen molar-refractivity contribution in [2.45, 2.75) is 25.4 Å². The molecule has 0 atom stereocenters. The summed E-state index contributed by atoms with van der Waals surface area (Å²) in [5, 5.41) is 3.42. The summed E-state index contributed by atoms with van der Waals surface area (Å²) in [6.07, 6.45) is 0.848. The smallest absolute Gasteiger partial charge is 0.370 e. The lowest BCUT2D eigenvalue weighted by atomic mass is 10.1. The number of nitrogens with one attached hydrogen (secondary N) is 1. The second-order valence-corrected chi connectivity index (χ2v) is 8.66. The van der Waals surface area contributed by atoms with Crippen LogP contribution in [0.2, 0.25) is 0 Å². The highest BCUT2D eigenvalue weighted by Gasteiger charge is 2.31. The Kier molecular flexibility index (Phi) is 11.8. The number of nitrogens with zero attached hydrogens (tertiary/aromatic N) is 3. The van der Waals surface area contributed by atoms with E-state index in [1.54, 1.807) is 6.07 Å². The summed E-state index contributed by atoms with van der Waals surface area (Å²) in [6.45, 7) is 5.18. The molecule has 36 heavy (non-hydrogen) atoms. The minimum absolute atomic E-state index is 0. The van der Waals surface area contributed by atoms with Gasteiger partial charge in [0.15, 0.2) is 0 Å². The van der Waals surface area contributed by atoms with Crippen LogP contribution in [-0.4, -0.2) is 49.2 Å². The SMILES string of the molecule is Cl.Cl.FC(F)(F)c1cccc(N2CCN(CCCCCNc3cc(-c4ccccc4)ccn3)CC2)c1. The first-order chi connectivity index (χ1) is 16.5. The fourth-order valence-corrected chi connectivity index (χ4v) is 4.30. The van der Waals surface area contributed by atoms with Gasteiger partial charge in [0.1, 0.15) is 5.82 Å². The van der Waals surface area contributed by atoms with Crippen molar-refractivity contribution in [2.24, 2.45) is 0 Å². The predicted molar refractivity (Wildman–Crippen MR) is 147 cm³/mol. The summed E-state index contributed by atoms with van der Waals surface area (Å²) in [7, 11) is 0. The minimum atomic E-state index is -4.30. The molecule has 0 spiro atoms. The standard InChI is InChI=1S/C27H31F3N4.2ClH/c28-27(29,30)24-10-7-11-25(21-24)34-18-16-33(17-19-34)15-6-2-5-13-31-26-20-23(12-14-32-26)22-8-3-1-4-9-22;;/h1,3-4,7-12,14,20-21H,2,5-6,13,15-19H2,(H,31,32);2*1H. The van der Waals surface area contributed by atoms with Gasteiger partial charge in [0.25, 0.3) is 0 Å². The van der Waals surface area contributed by atoms with Crippen molar-refractivity contribution in [1.29, 1.82) is 0 Å². The lowest BCUT2D eigenvalue weighted by Crippen LogP contribution is -2.46. The average molecular weight is 541 g/mol. The van der Waals surface area contributed by atoms with Crippen molar-refractivity contribution in [1.82, 2.24) is 9.88 Å². The van der Waals surface area contributed by atoms with Gasteiger partial charge in [0.05, 0.1) is 5.56 Å². The van der Waals surface area contributed by atoms with Gasteiger partial charge < -0.3 is 10.2 Å². The summed E-state index contributed by atoms with van der Waals surface area (Å²) in [4.78, 5) is 8.87. The Morgan fingerprint density at radius 2 is 1.53 bits per heavy atom. The molecule has 4 rings (SSSR count). The third-order valence-electron chi connectivity index (χ3n) is 6.24. The van der Waals surface area contributed by atoms with Crippen LogP contribution in [0, 0.1) is 0 Å². The molecule has 1 aliphatic rings. The lowest BCUT2D eigenvalue weighted by Gasteiger charge is -2.36. The molecule has 0 bridgehead atoms. The Hall–Kier alpha value is -2.48. The molecule has 0 amide bonds. The highest BCUT2D eigenvalue weighted by molar-refractivity contribution is 5.85. The number of pyridine rings is 1. The Labute approximate surface area is 223 Å². The molecule has 0 unspecified atom stereocenters. The number of hydrogen-bond donors (Lipinski definition) is 1. The van der Waals surface area contributed by atoms with Gasteiger partial charge in [0.2, 0.25) is 0 Å². The number of aromatic nitrogens is 1. The third-order valence-corrected chi connectivity index (χ3v) is 6.24. The zero-order valence-electron chi connectivity index (χ0n) is 20.1. The first kappa shape index (κ1) is 29.7.